The molecule has 0 saturated carbocycles. The molecule has 0 atom stereocenters. The molecule has 0 spiro atoms. The van der Waals surface area contributed by atoms with Crippen LogP contribution in [0.5, 0.6) is 5.75 Å². The summed E-state index contributed by atoms with van der Waals surface area (Å²) in [5.74, 6) is 0.0437. The van der Waals surface area contributed by atoms with Gasteiger partial charge in [-0.15, -0.1) is 0 Å². The topological polar surface area (TPSA) is 122 Å². The van der Waals surface area contributed by atoms with Gasteiger partial charge < -0.3 is 10.1 Å². The highest BCUT2D eigenvalue weighted by molar-refractivity contribution is 7.92. The summed E-state index contributed by atoms with van der Waals surface area (Å²) in [6, 6.07) is 18.1. The Morgan fingerprint density at radius 1 is 0.872 bits per heavy atom. The lowest BCUT2D eigenvalue weighted by Gasteiger charge is -2.15. The first kappa shape index (κ1) is 28.6. The molecule has 2 N–H and O–H groups in total. The highest BCUT2D eigenvalue weighted by Crippen LogP contribution is 2.23. The second-order valence-electron chi connectivity index (χ2n) is 9.54. The van der Waals surface area contributed by atoms with Crippen LogP contribution < -0.4 is 14.8 Å². The molecule has 1 amide bonds. The van der Waals surface area contributed by atoms with Crippen LogP contribution in [0, 0.1) is 13.8 Å². The van der Waals surface area contributed by atoms with Gasteiger partial charge in [0.15, 0.2) is 6.61 Å². The van der Waals surface area contributed by atoms with Crippen LogP contribution >= 0.6 is 0 Å². The van der Waals surface area contributed by atoms with Gasteiger partial charge in [0.05, 0.1) is 15.5 Å². The van der Waals surface area contributed by atoms with E-state index >= 15 is 0 Å². The predicted octanol–water partition coefficient (Wildman–Crippen LogP) is 3.63. The fraction of sp³-hybridized carbons (Fsp3) is 0.321. The van der Waals surface area contributed by atoms with Gasteiger partial charge in [-0.05, 0) is 92.3 Å². The zero-order chi connectivity index (χ0) is 28.0. The van der Waals surface area contributed by atoms with Crippen LogP contribution in [-0.4, -0.2) is 53.3 Å². The van der Waals surface area contributed by atoms with Crippen LogP contribution in [-0.2, 0) is 31.3 Å². The number of sulfonamides is 2. The van der Waals surface area contributed by atoms with Gasteiger partial charge in [0.25, 0.3) is 15.9 Å². The van der Waals surface area contributed by atoms with Gasteiger partial charge in [-0.2, -0.15) is 4.31 Å². The SMILES string of the molecule is Cc1ccc(C)c(NS(=O)(=O)c2ccc(OCC(=O)NCCc3ccc(S(=O)(=O)N4CCCC4)cc3)cc2)c1. The Hall–Kier alpha value is -3.41. The maximum atomic E-state index is 12.8. The molecule has 1 saturated heterocycles. The Balaban J connectivity index is 1.22. The maximum absolute atomic E-state index is 12.8. The fourth-order valence-corrected chi connectivity index (χ4v) is 6.86. The molecule has 11 heteroatoms. The Morgan fingerprint density at radius 3 is 2.18 bits per heavy atom. The van der Waals surface area contributed by atoms with Crippen molar-refractivity contribution in [2.75, 3.05) is 31.0 Å². The lowest BCUT2D eigenvalue weighted by atomic mass is 10.1. The predicted molar refractivity (Wildman–Crippen MR) is 150 cm³/mol. The Bertz CT molecular complexity index is 1510. The molecule has 3 aromatic rings. The van der Waals surface area contributed by atoms with E-state index in [1.807, 2.05) is 26.0 Å². The van der Waals surface area contributed by atoms with E-state index in [1.165, 1.54) is 28.6 Å². The van der Waals surface area contributed by atoms with Gasteiger partial charge in [-0.3, -0.25) is 9.52 Å². The minimum atomic E-state index is -3.78. The molecular weight excluding hydrogens is 538 g/mol. The first-order valence-electron chi connectivity index (χ1n) is 12.7. The normalized spacial score (nSPS) is 14.2. The third kappa shape index (κ3) is 7.37. The third-order valence-electron chi connectivity index (χ3n) is 6.50. The van der Waals surface area contributed by atoms with Crippen molar-refractivity contribution in [1.29, 1.82) is 0 Å². The fourth-order valence-electron chi connectivity index (χ4n) is 4.22. The van der Waals surface area contributed by atoms with E-state index in [-0.39, 0.29) is 22.3 Å². The summed E-state index contributed by atoms with van der Waals surface area (Å²) in [5.41, 5.74) is 3.19. The molecule has 1 fully saturated rings. The van der Waals surface area contributed by atoms with E-state index in [4.69, 9.17) is 4.74 Å². The van der Waals surface area contributed by atoms with E-state index in [0.29, 0.717) is 37.5 Å². The third-order valence-corrected chi connectivity index (χ3v) is 9.80. The number of nitrogens with zero attached hydrogens (tertiary/aromatic N) is 1. The molecule has 1 heterocycles. The summed E-state index contributed by atoms with van der Waals surface area (Å²) in [4.78, 5) is 12.6. The zero-order valence-electron chi connectivity index (χ0n) is 22.0. The van der Waals surface area contributed by atoms with Crippen LogP contribution in [0.2, 0.25) is 0 Å². The van der Waals surface area contributed by atoms with Crippen LogP contribution in [0.25, 0.3) is 0 Å². The highest BCUT2D eigenvalue weighted by Gasteiger charge is 2.26. The summed E-state index contributed by atoms with van der Waals surface area (Å²) >= 11 is 0. The van der Waals surface area contributed by atoms with E-state index in [1.54, 1.807) is 30.3 Å². The molecule has 39 heavy (non-hydrogen) atoms. The van der Waals surface area contributed by atoms with E-state index in [0.717, 1.165) is 29.5 Å². The van der Waals surface area contributed by atoms with Gasteiger partial charge >= 0.3 is 0 Å². The largest absolute Gasteiger partial charge is 0.484 e. The standard InChI is InChI=1S/C28H33N3O6S2/c1-21-5-6-22(2)27(19-21)30-38(33,34)25-13-9-24(10-14-25)37-20-28(32)29-16-15-23-7-11-26(12-8-23)39(35,36)31-17-3-4-18-31/h5-14,19,30H,3-4,15-18,20H2,1-2H3,(H,29,32). The lowest BCUT2D eigenvalue weighted by Crippen LogP contribution is -2.30. The number of carbonyl (C=O) groups is 1. The maximum Gasteiger partial charge on any atom is 0.261 e. The number of nitrogens with one attached hydrogen (secondary N) is 2. The summed E-state index contributed by atoms with van der Waals surface area (Å²) in [7, 11) is -7.22. The highest BCUT2D eigenvalue weighted by atomic mass is 32.2. The first-order chi connectivity index (χ1) is 18.5. The molecule has 0 aliphatic carbocycles. The number of carbonyl (C=O) groups excluding carboxylic acids is 1. The van der Waals surface area contributed by atoms with Gasteiger partial charge in [-0.25, -0.2) is 16.8 Å². The molecule has 4 rings (SSSR count). The van der Waals surface area contributed by atoms with Crippen molar-refractivity contribution in [1.82, 2.24) is 9.62 Å². The molecule has 0 unspecified atom stereocenters. The number of anilines is 1. The van der Waals surface area contributed by atoms with E-state index in [2.05, 4.69) is 10.0 Å². The molecule has 0 aromatic heterocycles. The average Bonchev–Trinajstić information content (AvgIpc) is 3.46. The van der Waals surface area contributed by atoms with Gasteiger partial charge in [-0.1, -0.05) is 24.3 Å². The van der Waals surface area contributed by atoms with Crippen molar-refractivity contribution in [2.45, 2.75) is 42.9 Å². The minimum absolute atomic E-state index is 0.0828. The number of benzene rings is 3. The van der Waals surface area contributed by atoms with Crippen LogP contribution in [0.4, 0.5) is 5.69 Å². The summed E-state index contributed by atoms with van der Waals surface area (Å²) < 4.78 is 60.4. The lowest BCUT2D eigenvalue weighted by molar-refractivity contribution is -0.123. The Kier molecular flexibility index (Phi) is 8.94. The van der Waals surface area contributed by atoms with Crippen molar-refractivity contribution in [2.24, 2.45) is 0 Å². The van der Waals surface area contributed by atoms with Crippen molar-refractivity contribution in [3.63, 3.8) is 0 Å². The summed E-state index contributed by atoms with van der Waals surface area (Å²) in [6.45, 7) is 4.99. The van der Waals surface area contributed by atoms with Crippen LogP contribution in [0.1, 0.15) is 29.5 Å². The van der Waals surface area contributed by atoms with Gasteiger partial charge in [0.2, 0.25) is 10.0 Å². The number of rotatable bonds is 11. The molecule has 3 aromatic carbocycles. The van der Waals surface area contributed by atoms with Crippen molar-refractivity contribution in [3.8, 4) is 5.75 Å². The number of hydrogen-bond acceptors (Lipinski definition) is 6. The van der Waals surface area contributed by atoms with Crippen molar-refractivity contribution in [3.05, 3.63) is 83.4 Å². The van der Waals surface area contributed by atoms with Crippen molar-refractivity contribution < 1.29 is 26.4 Å². The second kappa shape index (κ2) is 12.2. The number of hydrogen-bond donors (Lipinski definition) is 2. The van der Waals surface area contributed by atoms with Gasteiger partial charge in [0.1, 0.15) is 5.75 Å². The molecule has 208 valence electrons. The minimum Gasteiger partial charge on any atom is -0.484 e. The van der Waals surface area contributed by atoms with Gasteiger partial charge in [0, 0.05) is 19.6 Å². The van der Waals surface area contributed by atoms with Crippen molar-refractivity contribution >= 4 is 31.6 Å². The summed E-state index contributed by atoms with van der Waals surface area (Å²) in [5, 5.41) is 2.77. The van der Waals surface area contributed by atoms with Crippen LogP contribution in [0.3, 0.4) is 0 Å². The van der Waals surface area contributed by atoms with E-state index in [9.17, 15) is 21.6 Å². The number of aryl methyl sites for hydroxylation is 2. The molecule has 0 radical (unpaired) electrons. The molecule has 1 aliphatic rings. The quantitative estimate of drug-likeness (QED) is 0.363. The molecule has 9 nitrogen and oxygen atoms in total. The summed E-state index contributed by atoms with van der Waals surface area (Å²) in [6.07, 6.45) is 2.31. The van der Waals surface area contributed by atoms with Crippen LogP contribution in [0.15, 0.2) is 76.5 Å². The Morgan fingerprint density at radius 2 is 1.51 bits per heavy atom. The Labute approximate surface area is 230 Å². The first-order valence-corrected chi connectivity index (χ1v) is 15.7. The average molecular weight is 572 g/mol. The molecule has 0 bridgehead atoms. The monoisotopic (exact) mass is 571 g/mol. The smallest absolute Gasteiger partial charge is 0.261 e. The number of ether oxygens (including phenoxy) is 1. The molecular formula is C28H33N3O6S2. The zero-order valence-corrected chi connectivity index (χ0v) is 23.6. The van der Waals surface area contributed by atoms with E-state index < -0.39 is 20.0 Å². The number of amides is 1. The second-order valence-corrected chi connectivity index (χ2v) is 13.2. The molecule has 1 aliphatic heterocycles.